The molecule has 0 spiro atoms. The molecule has 0 aromatic carbocycles. The zero-order valence-electron chi connectivity index (χ0n) is 7.00. The van der Waals surface area contributed by atoms with E-state index in [0.29, 0.717) is 15.9 Å². The maximum absolute atomic E-state index is 6.00. The highest BCUT2D eigenvalue weighted by Gasteiger charge is 2.18. The first-order valence-electron chi connectivity index (χ1n) is 4.20. The predicted molar refractivity (Wildman–Crippen MR) is 53.5 cm³/mol. The van der Waals surface area contributed by atoms with Crippen LogP contribution in [0.2, 0.25) is 10.0 Å². The van der Waals surface area contributed by atoms with Crippen molar-refractivity contribution in [3.8, 4) is 0 Å². The molecule has 0 radical (unpaired) electrons. The van der Waals surface area contributed by atoms with Crippen LogP contribution in [0.1, 0.15) is 12.8 Å². The minimum absolute atomic E-state index is 0.471. The summed E-state index contributed by atoms with van der Waals surface area (Å²) < 4.78 is 0. The van der Waals surface area contributed by atoms with Gasteiger partial charge in [0, 0.05) is 13.1 Å². The van der Waals surface area contributed by atoms with E-state index < -0.39 is 0 Å². The SMILES string of the molecule is Clc1cnnc(N2CCCC2)c1Cl. The average molecular weight is 218 g/mol. The Labute approximate surface area is 86.7 Å². The molecule has 0 saturated carbocycles. The fraction of sp³-hybridized carbons (Fsp3) is 0.500. The normalized spacial score (nSPS) is 16.6. The summed E-state index contributed by atoms with van der Waals surface area (Å²) >= 11 is 11.8. The van der Waals surface area contributed by atoms with Crippen molar-refractivity contribution in [3.05, 3.63) is 16.2 Å². The number of aromatic nitrogens is 2. The predicted octanol–water partition coefficient (Wildman–Crippen LogP) is 2.38. The van der Waals surface area contributed by atoms with Crippen LogP contribution in [0.25, 0.3) is 0 Å². The molecule has 5 heteroatoms. The summed E-state index contributed by atoms with van der Waals surface area (Å²) in [7, 11) is 0. The van der Waals surface area contributed by atoms with Crippen LogP contribution in [0.15, 0.2) is 6.20 Å². The van der Waals surface area contributed by atoms with Gasteiger partial charge in [0.1, 0.15) is 5.02 Å². The summed E-state index contributed by atoms with van der Waals surface area (Å²) in [5, 5.41) is 8.75. The third-order valence-electron chi connectivity index (χ3n) is 2.14. The first-order valence-corrected chi connectivity index (χ1v) is 4.96. The summed E-state index contributed by atoms with van der Waals surface area (Å²) in [6, 6.07) is 0. The van der Waals surface area contributed by atoms with Crippen molar-refractivity contribution in [2.75, 3.05) is 18.0 Å². The maximum Gasteiger partial charge on any atom is 0.171 e. The second kappa shape index (κ2) is 3.68. The van der Waals surface area contributed by atoms with Crippen molar-refractivity contribution in [3.63, 3.8) is 0 Å². The van der Waals surface area contributed by atoms with Crippen molar-refractivity contribution < 1.29 is 0 Å². The molecule has 0 amide bonds. The van der Waals surface area contributed by atoms with Crippen molar-refractivity contribution in [1.29, 1.82) is 0 Å². The Morgan fingerprint density at radius 1 is 1.23 bits per heavy atom. The molecule has 1 aliphatic rings. The average Bonchev–Trinajstić information content (AvgIpc) is 2.62. The van der Waals surface area contributed by atoms with E-state index in [1.807, 2.05) is 0 Å². The summed E-state index contributed by atoms with van der Waals surface area (Å²) in [6.07, 6.45) is 3.83. The van der Waals surface area contributed by atoms with Crippen molar-refractivity contribution in [2.45, 2.75) is 12.8 Å². The Morgan fingerprint density at radius 2 is 1.92 bits per heavy atom. The van der Waals surface area contributed by atoms with E-state index in [1.54, 1.807) is 0 Å². The third kappa shape index (κ3) is 1.71. The molecular weight excluding hydrogens is 209 g/mol. The summed E-state index contributed by atoms with van der Waals surface area (Å²) in [5.74, 6) is 0.715. The number of halogens is 2. The molecule has 1 aromatic heterocycles. The number of hydrogen-bond acceptors (Lipinski definition) is 3. The topological polar surface area (TPSA) is 29.0 Å². The van der Waals surface area contributed by atoms with Gasteiger partial charge in [-0.1, -0.05) is 23.2 Å². The lowest BCUT2D eigenvalue weighted by Crippen LogP contribution is -2.19. The lowest BCUT2D eigenvalue weighted by atomic mass is 10.4. The molecule has 2 heterocycles. The van der Waals surface area contributed by atoms with Gasteiger partial charge < -0.3 is 4.90 Å². The zero-order chi connectivity index (χ0) is 9.26. The van der Waals surface area contributed by atoms with Crippen LogP contribution in [0.5, 0.6) is 0 Å². The van der Waals surface area contributed by atoms with Gasteiger partial charge in [0.15, 0.2) is 5.82 Å². The highest BCUT2D eigenvalue weighted by atomic mass is 35.5. The molecule has 0 unspecified atom stereocenters. The van der Waals surface area contributed by atoms with E-state index in [9.17, 15) is 0 Å². The Morgan fingerprint density at radius 3 is 2.62 bits per heavy atom. The fourth-order valence-electron chi connectivity index (χ4n) is 1.47. The molecular formula is C8H9Cl2N3. The highest BCUT2D eigenvalue weighted by Crippen LogP contribution is 2.30. The second-order valence-electron chi connectivity index (χ2n) is 3.02. The summed E-state index contributed by atoms with van der Waals surface area (Å²) in [5.41, 5.74) is 0. The first kappa shape index (κ1) is 9.03. The summed E-state index contributed by atoms with van der Waals surface area (Å²) in [6.45, 7) is 1.99. The number of nitrogens with zero attached hydrogens (tertiary/aromatic N) is 3. The Kier molecular flexibility index (Phi) is 2.56. The van der Waals surface area contributed by atoms with Gasteiger partial charge in [0.05, 0.1) is 11.2 Å². The molecule has 70 valence electrons. The van der Waals surface area contributed by atoms with Crippen LogP contribution < -0.4 is 4.90 Å². The Hall–Kier alpha value is -0.540. The van der Waals surface area contributed by atoms with E-state index >= 15 is 0 Å². The molecule has 3 nitrogen and oxygen atoms in total. The van der Waals surface area contributed by atoms with Gasteiger partial charge in [0.2, 0.25) is 0 Å². The van der Waals surface area contributed by atoms with Crippen molar-refractivity contribution in [2.24, 2.45) is 0 Å². The Bertz CT molecular complexity index is 310. The van der Waals surface area contributed by atoms with Crippen LogP contribution in [0, 0.1) is 0 Å². The monoisotopic (exact) mass is 217 g/mol. The van der Waals surface area contributed by atoms with Crippen LogP contribution in [-0.2, 0) is 0 Å². The third-order valence-corrected chi connectivity index (χ3v) is 2.89. The maximum atomic E-state index is 6.00. The van der Waals surface area contributed by atoms with Crippen LogP contribution in [0.3, 0.4) is 0 Å². The lowest BCUT2D eigenvalue weighted by molar-refractivity contribution is 0.894. The number of hydrogen-bond donors (Lipinski definition) is 0. The minimum Gasteiger partial charge on any atom is -0.354 e. The van der Waals surface area contributed by atoms with Gasteiger partial charge in [0.25, 0.3) is 0 Å². The molecule has 0 N–H and O–H groups in total. The van der Waals surface area contributed by atoms with E-state index in [0.717, 1.165) is 13.1 Å². The molecule has 1 aliphatic heterocycles. The van der Waals surface area contributed by atoms with Crippen LogP contribution >= 0.6 is 23.2 Å². The van der Waals surface area contributed by atoms with Gasteiger partial charge in [-0.2, -0.15) is 5.10 Å². The molecule has 0 atom stereocenters. The quantitative estimate of drug-likeness (QED) is 0.724. The van der Waals surface area contributed by atoms with Gasteiger partial charge in [-0.3, -0.25) is 0 Å². The van der Waals surface area contributed by atoms with E-state index in [4.69, 9.17) is 23.2 Å². The van der Waals surface area contributed by atoms with Gasteiger partial charge in [-0.05, 0) is 12.8 Å². The molecule has 13 heavy (non-hydrogen) atoms. The van der Waals surface area contributed by atoms with Gasteiger partial charge in [-0.25, -0.2) is 0 Å². The van der Waals surface area contributed by atoms with E-state index in [2.05, 4.69) is 15.1 Å². The second-order valence-corrected chi connectivity index (χ2v) is 3.81. The Balaban J connectivity index is 2.33. The highest BCUT2D eigenvalue weighted by molar-refractivity contribution is 6.43. The molecule has 2 rings (SSSR count). The molecule has 0 aliphatic carbocycles. The lowest BCUT2D eigenvalue weighted by Gasteiger charge is -2.16. The van der Waals surface area contributed by atoms with Gasteiger partial charge in [-0.15, -0.1) is 5.10 Å². The minimum atomic E-state index is 0.471. The van der Waals surface area contributed by atoms with Crippen molar-refractivity contribution >= 4 is 29.0 Å². The zero-order valence-corrected chi connectivity index (χ0v) is 8.52. The first-order chi connectivity index (χ1) is 6.29. The molecule has 1 aromatic rings. The summed E-state index contributed by atoms with van der Waals surface area (Å²) in [4.78, 5) is 2.11. The van der Waals surface area contributed by atoms with Crippen LogP contribution in [-0.4, -0.2) is 23.3 Å². The smallest absolute Gasteiger partial charge is 0.171 e. The van der Waals surface area contributed by atoms with Crippen LogP contribution in [0.4, 0.5) is 5.82 Å². The fourth-order valence-corrected chi connectivity index (χ4v) is 1.81. The van der Waals surface area contributed by atoms with Gasteiger partial charge >= 0.3 is 0 Å². The number of rotatable bonds is 1. The van der Waals surface area contributed by atoms with Crippen molar-refractivity contribution in [1.82, 2.24) is 10.2 Å². The largest absolute Gasteiger partial charge is 0.354 e. The standard InChI is InChI=1S/C8H9Cl2N3/c9-6-5-11-12-8(7(6)10)13-3-1-2-4-13/h5H,1-4H2. The molecule has 1 fully saturated rings. The van der Waals surface area contributed by atoms with E-state index in [-0.39, 0.29) is 0 Å². The van der Waals surface area contributed by atoms with E-state index in [1.165, 1.54) is 19.0 Å². The molecule has 1 saturated heterocycles. The number of anilines is 1. The molecule has 0 bridgehead atoms.